The van der Waals surface area contributed by atoms with Gasteiger partial charge < -0.3 is 14.7 Å². The number of nitrogens with zero attached hydrogens (tertiary/aromatic N) is 1. The standard InChI is InChI=1S/C18H27NO2/c1-14(2)19-11-4-9-18(20,10-12-19)15-5-3-6-17(13-15)21-16-7-8-16/h3,5-6,13-14,16,20H,4,7-12H2,1-2H3. The second kappa shape index (κ2) is 5.98. The molecule has 1 N–H and O–H groups in total. The van der Waals surface area contributed by atoms with Crippen LogP contribution in [-0.4, -0.2) is 35.2 Å². The highest BCUT2D eigenvalue weighted by molar-refractivity contribution is 5.33. The maximum Gasteiger partial charge on any atom is 0.120 e. The second-order valence-electron chi connectivity index (χ2n) is 6.86. The van der Waals surface area contributed by atoms with E-state index in [2.05, 4.69) is 18.7 Å². The predicted octanol–water partition coefficient (Wildman–Crippen LogP) is 3.31. The highest BCUT2D eigenvalue weighted by atomic mass is 16.5. The van der Waals surface area contributed by atoms with E-state index in [0.717, 1.165) is 56.5 Å². The van der Waals surface area contributed by atoms with Crippen molar-refractivity contribution < 1.29 is 9.84 Å². The van der Waals surface area contributed by atoms with E-state index in [0.29, 0.717) is 12.1 Å². The molecule has 116 valence electrons. The van der Waals surface area contributed by atoms with E-state index in [9.17, 15) is 5.11 Å². The fourth-order valence-electron chi connectivity index (χ4n) is 3.18. The number of hydrogen-bond donors (Lipinski definition) is 1. The van der Waals surface area contributed by atoms with Crippen molar-refractivity contribution in [3.8, 4) is 5.75 Å². The van der Waals surface area contributed by atoms with E-state index < -0.39 is 5.60 Å². The second-order valence-corrected chi connectivity index (χ2v) is 6.86. The minimum absolute atomic E-state index is 0.403. The van der Waals surface area contributed by atoms with Crippen molar-refractivity contribution in [3.05, 3.63) is 29.8 Å². The van der Waals surface area contributed by atoms with Crippen LogP contribution in [-0.2, 0) is 5.60 Å². The average Bonchev–Trinajstić information content (AvgIpc) is 3.27. The third kappa shape index (κ3) is 3.58. The third-order valence-electron chi connectivity index (χ3n) is 4.78. The zero-order valence-electron chi connectivity index (χ0n) is 13.2. The molecule has 0 aromatic heterocycles. The van der Waals surface area contributed by atoms with Gasteiger partial charge in [0.2, 0.25) is 0 Å². The van der Waals surface area contributed by atoms with Gasteiger partial charge in [-0.05, 0) is 70.2 Å². The van der Waals surface area contributed by atoms with Crippen molar-refractivity contribution in [2.24, 2.45) is 0 Å². The maximum atomic E-state index is 11.1. The molecule has 1 saturated heterocycles. The molecule has 3 nitrogen and oxygen atoms in total. The van der Waals surface area contributed by atoms with Crippen LogP contribution in [0.15, 0.2) is 24.3 Å². The predicted molar refractivity (Wildman–Crippen MR) is 84.5 cm³/mol. The fraction of sp³-hybridized carbons (Fsp3) is 0.667. The first-order valence-corrected chi connectivity index (χ1v) is 8.30. The summed E-state index contributed by atoms with van der Waals surface area (Å²) in [5.41, 5.74) is 0.318. The van der Waals surface area contributed by atoms with Crippen molar-refractivity contribution >= 4 is 0 Å². The Bertz CT molecular complexity index is 484. The van der Waals surface area contributed by atoms with Gasteiger partial charge in [0.25, 0.3) is 0 Å². The summed E-state index contributed by atoms with van der Waals surface area (Å²) in [4.78, 5) is 2.46. The molecule has 0 amide bonds. The monoisotopic (exact) mass is 289 g/mol. The van der Waals surface area contributed by atoms with E-state index in [1.165, 1.54) is 0 Å². The van der Waals surface area contributed by atoms with Crippen LogP contribution in [0.1, 0.15) is 51.5 Å². The molecule has 1 aliphatic carbocycles. The zero-order chi connectivity index (χ0) is 14.9. The molecule has 1 aliphatic heterocycles. The Morgan fingerprint density at radius 1 is 1.24 bits per heavy atom. The van der Waals surface area contributed by atoms with Gasteiger partial charge in [-0.25, -0.2) is 0 Å². The van der Waals surface area contributed by atoms with Crippen molar-refractivity contribution in [1.29, 1.82) is 0 Å². The lowest BCUT2D eigenvalue weighted by molar-refractivity contribution is 0.0201. The summed E-state index contributed by atoms with van der Waals surface area (Å²) in [5, 5.41) is 11.1. The van der Waals surface area contributed by atoms with Crippen LogP contribution in [0.3, 0.4) is 0 Å². The normalized spacial score (nSPS) is 27.6. The van der Waals surface area contributed by atoms with Crippen LogP contribution in [0.4, 0.5) is 0 Å². The van der Waals surface area contributed by atoms with E-state index >= 15 is 0 Å². The maximum absolute atomic E-state index is 11.1. The van der Waals surface area contributed by atoms with Crippen molar-refractivity contribution in [2.75, 3.05) is 13.1 Å². The first-order chi connectivity index (χ1) is 10.1. The lowest BCUT2D eigenvalue weighted by Gasteiger charge is -2.29. The molecule has 1 heterocycles. The van der Waals surface area contributed by atoms with Crippen molar-refractivity contribution in [2.45, 2.75) is 63.7 Å². The van der Waals surface area contributed by atoms with Gasteiger partial charge in [-0.15, -0.1) is 0 Å². The summed E-state index contributed by atoms with van der Waals surface area (Å²) in [7, 11) is 0. The smallest absolute Gasteiger partial charge is 0.120 e. The van der Waals surface area contributed by atoms with Crippen LogP contribution in [0.5, 0.6) is 5.75 Å². The molecule has 2 fully saturated rings. The lowest BCUT2D eigenvalue weighted by Crippen LogP contribution is -2.33. The van der Waals surface area contributed by atoms with Gasteiger partial charge in [-0.2, -0.15) is 0 Å². The summed E-state index contributed by atoms with van der Waals surface area (Å²) in [6.45, 7) is 6.50. The van der Waals surface area contributed by atoms with Gasteiger partial charge in [-0.3, -0.25) is 0 Å². The summed E-state index contributed by atoms with van der Waals surface area (Å²) in [6.07, 6.45) is 5.42. The van der Waals surface area contributed by atoms with Gasteiger partial charge in [0.15, 0.2) is 0 Å². The molecule has 1 unspecified atom stereocenters. The molecule has 2 aliphatic rings. The molecule has 3 heteroatoms. The fourth-order valence-corrected chi connectivity index (χ4v) is 3.18. The largest absolute Gasteiger partial charge is 0.490 e. The molecular weight excluding hydrogens is 262 g/mol. The van der Waals surface area contributed by atoms with E-state index in [1.54, 1.807) is 0 Å². The van der Waals surface area contributed by atoms with Gasteiger partial charge in [0.05, 0.1) is 11.7 Å². The zero-order valence-corrected chi connectivity index (χ0v) is 13.2. The minimum atomic E-state index is -0.702. The first kappa shape index (κ1) is 14.9. The van der Waals surface area contributed by atoms with Gasteiger partial charge in [-0.1, -0.05) is 12.1 Å². The Kier molecular flexibility index (Phi) is 4.23. The highest BCUT2D eigenvalue weighted by Gasteiger charge is 2.33. The lowest BCUT2D eigenvalue weighted by atomic mass is 9.87. The van der Waals surface area contributed by atoms with Crippen LogP contribution >= 0.6 is 0 Å². The van der Waals surface area contributed by atoms with Crippen molar-refractivity contribution in [1.82, 2.24) is 4.90 Å². The van der Waals surface area contributed by atoms with E-state index in [4.69, 9.17) is 4.74 Å². The number of likely N-dealkylation sites (tertiary alicyclic amines) is 1. The molecule has 1 atom stereocenters. The molecule has 21 heavy (non-hydrogen) atoms. The third-order valence-corrected chi connectivity index (χ3v) is 4.78. The average molecular weight is 289 g/mol. The molecule has 3 rings (SSSR count). The Morgan fingerprint density at radius 2 is 2.05 bits per heavy atom. The number of hydrogen-bond acceptors (Lipinski definition) is 3. The number of benzene rings is 1. The van der Waals surface area contributed by atoms with Crippen LogP contribution in [0.2, 0.25) is 0 Å². The Morgan fingerprint density at radius 3 is 2.76 bits per heavy atom. The Labute approximate surface area is 127 Å². The molecular formula is C18H27NO2. The topological polar surface area (TPSA) is 32.7 Å². The van der Waals surface area contributed by atoms with Crippen LogP contribution in [0.25, 0.3) is 0 Å². The summed E-state index contributed by atoms with van der Waals surface area (Å²) >= 11 is 0. The molecule has 1 aromatic carbocycles. The quantitative estimate of drug-likeness (QED) is 0.923. The Balaban J connectivity index is 1.74. The van der Waals surface area contributed by atoms with E-state index in [-0.39, 0.29) is 0 Å². The minimum Gasteiger partial charge on any atom is -0.490 e. The van der Waals surface area contributed by atoms with Crippen LogP contribution < -0.4 is 4.74 Å². The number of aliphatic hydroxyl groups is 1. The molecule has 0 bridgehead atoms. The van der Waals surface area contributed by atoms with Gasteiger partial charge >= 0.3 is 0 Å². The molecule has 0 radical (unpaired) electrons. The Hall–Kier alpha value is -1.06. The van der Waals surface area contributed by atoms with Crippen LogP contribution in [0, 0.1) is 0 Å². The highest BCUT2D eigenvalue weighted by Crippen LogP contribution is 2.36. The van der Waals surface area contributed by atoms with Gasteiger partial charge in [0, 0.05) is 12.6 Å². The van der Waals surface area contributed by atoms with Gasteiger partial charge in [0.1, 0.15) is 5.75 Å². The molecule has 1 aromatic rings. The number of ether oxygens (including phenoxy) is 1. The summed E-state index contributed by atoms with van der Waals surface area (Å²) in [6, 6.07) is 8.66. The summed E-state index contributed by atoms with van der Waals surface area (Å²) in [5.74, 6) is 0.911. The molecule has 1 saturated carbocycles. The molecule has 0 spiro atoms. The summed E-state index contributed by atoms with van der Waals surface area (Å²) < 4.78 is 5.87. The SMILES string of the molecule is CC(C)N1CCCC(O)(c2cccc(OC3CC3)c2)CC1. The van der Waals surface area contributed by atoms with Crippen molar-refractivity contribution in [3.63, 3.8) is 0 Å². The van der Waals surface area contributed by atoms with E-state index in [1.807, 2.05) is 24.3 Å². The number of rotatable bonds is 4. The first-order valence-electron chi connectivity index (χ1n) is 8.30.